The molecule has 422 valence electrons. The van der Waals surface area contributed by atoms with Crippen molar-refractivity contribution in [2.75, 3.05) is 0 Å². The smallest absolute Gasteiger partial charge is 0.0210 e. The Balaban J connectivity index is 1.04. The Morgan fingerprint density at radius 1 is 0.176 bits per heavy atom. The zero-order valence-electron chi connectivity index (χ0n) is 52.0. The van der Waals surface area contributed by atoms with Gasteiger partial charge in [-0.05, 0) is 269 Å². The third-order valence-corrected chi connectivity index (χ3v) is 24.0. The number of hydrogen-bond donors (Lipinski definition) is 0. The van der Waals surface area contributed by atoms with Crippen molar-refractivity contribution in [1.82, 2.24) is 0 Å². The Labute approximate surface area is 507 Å². The molecule has 0 nitrogen and oxygen atoms in total. The van der Waals surface area contributed by atoms with Gasteiger partial charge in [-0.15, -0.1) is 0 Å². The van der Waals surface area contributed by atoms with E-state index in [1.807, 2.05) is 0 Å². The molecule has 0 atom stereocenters. The summed E-state index contributed by atoms with van der Waals surface area (Å²) < 4.78 is 0. The predicted molar refractivity (Wildman–Crippen MR) is 362 cm³/mol. The van der Waals surface area contributed by atoms with Gasteiger partial charge in [0.1, 0.15) is 0 Å². The molecule has 0 radical (unpaired) electrons. The van der Waals surface area contributed by atoms with E-state index in [9.17, 15) is 0 Å². The third-order valence-electron chi connectivity index (χ3n) is 24.0. The summed E-state index contributed by atoms with van der Waals surface area (Å²) >= 11 is 0. The molecule has 5 aliphatic carbocycles. The van der Waals surface area contributed by atoms with Crippen molar-refractivity contribution in [1.29, 1.82) is 0 Å². The van der Waals surface area contributed by atoms with Gasteiger partial charge in [0.05, 0.1) is 0 Å². The van der Waals surface area contributed by atoms with Crippen molar-refractivity contribution in [2.24, 2.45) is 0 Å². The molecule has 0 heterocycles. The molecule has 0 amide bonds. The molecule has 15 rings (SSSR count). The summed E-state index contributed by atoms with van der Waals surface area (Å²) in [4.78, 5) is 0. The van der Waals surface area contributed by atoms with Gasteiger partial charge in [0.25, 0.3) is 0 Å². The highest BCUT2D eigenvalue weighted by Gasteiger charge is 2.48. The lowest BCUT2D eigenvalue weighted by Crippen LogP contribution is -2.24. The quantitative estimate of drug-likeness (QED) is 0.102. The van der Waals surface area contributed by atoms with Crippen molar-refractivity contribution in [3.63, 3.8) is 0 Å². The summed E-state index contributed by atoms with van der Waals surface area (Å²) in [5, 5.41) is 0. The van der Waals surface area contributed by atoms with Gasteiger partial charge in [-0.3, -0.25) is 0 Å². The first-order chi connectivity index (χ1) is 41.6. The van der Waals surface area contributed by atoms with Crippen LogP contribution in [0.25, 0.3) is 100 Å². The molecule has 0 bridgehead atoms. The van der Waals surface area contributed by atoms with Crippen LogP contribution in [-0.4, -0.2) is 0 Å². The first kappa shape index (κ1) is 53.9. The first-order valence-corrected chi connectivity index (χ1v) is 32.9. The first-order valence-electron chi connectivity index (χ1n) is 32.9. The van der Waals surface area contributed by atoms with E-state index in [2.05, 4.69) is 263 Å². The molecule has 0 aromatic heterocycles. The number of hydrogen-bond acceptors (Lipinski definition) is 0. The van der Waals surface area contributed by atoms with E-state index in [4.69, 9.17) is 0 Å². The van der Waals surface area contributed by atoms with E-state index >= 15 is 0 Å². The fourth-order valence-electron chi connectivity index (χ4n) is 19.1. The van der Waals surface area contributed by atoms with Crippen molar-refractivity contribution < 1.29 is 0 Å². The van der Waals surface area contributed by atoms with Crippen LogP contribution in [0.4, 0.5) is 0 Å². The zero-order chi connectivity index (χ0) is 58.4. The van der Waals surface area contributed by atoms with E-state index in [0.717, 1.165) is 64.2 Å². The van der Waals surface area contributed by atoms with Crippen LogP contribution in [0.5, 0.6) is 0 Å². The summed E-state index contributed by atoms with van der Waals surface area (Å²) in [6.07, 6.45) is 10.5. The normalized spacial score (nSPS) is 16.4. The lowest BCUT2D eigenvalue weighted by Gasteiger charge is -2.32. The number of benzene rings is 10. The minimum absolute atomic E-state index is 0.0309. The van der Waals surface area contributed by atoms with Gasteiger partial charge in [-0.25, -0.2) is 0 Å². The minimum atomic E-state index is -0.263. The largest absolute Gasteiger partial charge is 0.0642 e. The third kappa shape index (κ3) is 6.92. The van der Waals surface area contributed by atoms with Crippen LogP contribution >= 0.6 is 0 Å². The van der Waals surface area contributed by atoms with Gasteiger partial charge >= 0.3 is 0 Å². The minimum Gasteiger partial charge on any atom is -0.0642 e. The number of fused-ring (bicyclic) bond motifs is 15. The summed E-state index contributed by atoms with van der Waals surface area (Å²) in [6.45, 7) is 24.3. The summed E-state index contributed by atoms with van der Waals surface area (Å²) in [6, 6.07) is 78.2. The average molecular weight is 1100 g/mol. The van der Waals surface area contributed by atoms with Crippen LogP contribution < -0.4 is 0 Å². The van der Waals surface area contributed by atoms with Gasteiger partial charge in [0.15, 0.2) is 0 Å². The lowest BCUT2D eigenvalue weighted by atomic mass is 9.71. The molecule has 10 aromatic rings. The molecule has 85 heavy (non-hydrogen) atoms. The van der Waals surface area contributed by atoms with Gasteiger partial charge in [0, 0.05) is 27.1 Å². The molecule has 0 unspecified atom stereocenters. The molecule has 0 saturated carbocycles. The second-order valence-electron chi connectivity index (χ2n) is 26.1. The highest BCUT2D eigenvalue weighted by molar-refractivity contribution is 6.04. The summed E-state index contributed by atoms with van der Waals surface area (Å²) in [5.74, 6) is 0. The van der Waals surface area contributed by atoms with Crippen LogP contribution in [0.3, 0.4) is 0 Å². The molecular weight excluding hydrogens is 1020 g/mol. The van der Waals surface area contributed by atoms with Gasteiger partial charge in [-0.1, -0.05) is 215 Å². The van der Waals surface area contributed by atoms with E-state index < -0.39 is 0 Å². The lowest BCUT2D eigenvalue weighted by molar-refractivity contribution is 0.490. The van der Waals surface area contributed by atoms with Crippen LogP contribution in [0.1, 0.15) is 189 Å². The Morgan fingerprint density at radius 2 is 0.388 bits per heavy atom. The molecule has 0 N–H and O–H groups in total. The number of rotatable bonds is 14. The van der Waals surface area contributed by atoms with E-state index in [1.54, 1.807) is 0 Å². The molecule has 0 aliphatic heterocycles. The monoisotopic (exact) mass is 1100 g/mol. The maximum absolute atomic E-state index is 2.69. The molecular formula is C85H82. The Hall–Kier alpha value is -7.80. The van der Waals surface area contributed by atoms with Crippen molar-refractivity contribution in [2.45, 2.75) is 161 Å². The highest BCUT2D eigenvalue weighted by Crippen LogP contribution is 2.64. The second kappa shape index (κ2) is 19.6. The molecule has 0 heteroatoms. The average Bonchev–Trinajstić information content (AvgIpc) is 1.74. The summed E-state index contributed by atoms with van der Waals surface area (Å²) in [7, 11) is 0. The molecule has 0 spiro atoms. The van der Waals surface area contributed by atoms with Crippen molar-refractivity contribution >= 4 is 0 Å². The van der Waals surface area contributed by atoms with Gasteiger partial charge < -0.3 is 0 Å². The van der Waals surface area contributed by atoms with E-state index in [1.165, 1.54) is 156 Å². The van der Waals surface area contributed by atoms with E-state index in [0.29, 0.717) is 0 Å². The Morgan fingerprint density at radius 3 is 0.659 bits per heavy atom. The van der Waals surface area contributed by atoms with Gasteiger partial charge in [-0.2, -0.15) is 0 Å². The van der Waals surface area contributed by atoms with Crippen LogP contribution in [-0.2, 0) is 27.1 Å². The Kier molecular flexibility index (Phi) is 12.4. The predicted octanol–water partition coefficient (Wildman–Crippen LogP) is 23.8. The maximum Gasteiger partial charge on any atom is 0.0210 e. The van der Waals surface area contributed by atoms with Gasteiger partial charge in [0.2, 0.25) is 0 Å². The SMILES string of the molecule is CCC1(CC)c2ccccc2-c2ccc(-c3cc(-c4ccc5c(c4)C(CC)(CC)c4ccccc4-5)c4c(c3)C(CC)(CC)c3cc(-c5ccc6c(c5)C(CC)(CC)c5ccccc5-6)cc(-c5ccc6c(c5)C(CC)(CC)c5ccccc5-6)c3-4)cc21. The molecule has 0 saturated heterocycles. The van der Waals surface area contributed by atoms with Crippen molar-refractivity contribution in [3.8, 4) is 100 Å². The van der Waals surface area contributed by atoms with Crippen LogP contribution in [0, 0.1) is 0 Å². The summed E-state index contributed by atoms with van der Waals surface area (Å²) in [5.41, 5.74) is 39.0. The standard InChI is InChI=1S/C85H82/c1-11-81(12-2)69-33-25-21-29-59(69)63-41-37-53(47-73(63)81)57-45-67(55-39-43-65-61-31-23-27-35-71(61)83(15-5,16-6)75(65)49-55)79-77(51-57)85(19-9,20-10)78-52-58(54-38-42-64-60-30-22-26-34-70(60)82(13-3,14-4)74(64)48-54)46-68(80(78)79)56-40-44-66-62-32-24-28-36-72(62)84(17-7,18-8)76(66)50-56/h21-52H,11-20H2,1-10H3. The maximum atomic E-state index is 2.69. The second-order valence-corrected chi connectivity index (χ2v) is 26.1. The van der Waals surface area contributed by atoms with Crippen LogP contribution in [0.2, 0.25) is 0 Å². The highest BCUT2D eigenvalue weighted by atomic mass is 14.5. The van der Waals surface area contributed by atoms with Crippen LogP contribution in [0.15, 0.2) is 194 Å². The Bertz CT molecular complexity index is 4100. The fourth-order valence-corrected chi connectivity index (χ4v) is 19.1. The van der Waals surface area contributed by atoms with Crippen molar-refractivity contribution in [3.05, 3.63) is 250 Å². The molecule has 10 aromatic carbocycles. The topological polar surface area (TPSA) is 0 Å². The van der Waals surface area contributed by atoms with E-state index in [-0.39, 0.29) is 27.1 Å². The zero-order valence-corrected chi connectivity index (χ0v) is 52.0. The molecule has 0 fully saturated rings. The molecule has 5 aliphatic rings. The fraction of sp³-hybridized carbons (Fsp3) is 0.294.